The molecular weight excluding hydrogens is 430 g/mol. The second-order valence-electron chi connectivity index (χ2n) is 10.8. The highest BCUT2D eigenvalue weighted by Crippen LogP contribution is 2.50. The molecule has 2 aromatic rings. The van der Waals surface area contributed by atoms with Crippen LogP contribution in [0.3, 0.4) is 0 Å². The van der Waals surface area contributed by atoms with Crippen LogP contribution in [0, 0.1) is 18.8 Å². The largest absolute Gasteiger partial charge is 0.493 e. The summed E-state index contributed by atoms with van der Waals surface area (Å²) in [5.74, 6) is 3.87. The lowest BCUT2D eigenvalue weighted by Gasteiger charge is -2.25. The van der Waals surface area contributed by atoms with E-state index in [9.17, 15) is 4.79 Å². The van der Waals surface area contributed by atoms with Crippen LogP contribution in [-0.4, -0.2) is 53.3 Å². The number of nitrogens with one attached hydrogen (secondary N) is 2. The van der Waals surface area contributed by atoms with Gasteiger partial charge in [-0.3, -0.25) is 0 Å². The van der Waals surface area contributed by atoms with E-state index in [4.69, 9.17) is 9.47 Å². The van der Waals surface area contributed by atoms with Crippen LogP contribution >= 0.6 is 0 Å². The van der Waals surface area contributed by atoms with Crippen LogP contribution in [0.4, 0.5) is 22.2 Å². The first-order valence-corrected chi connectivity index (χ1v) is 12.3. The highest BCUT2D eigenvalue weighted by Gasteiger charge is 2.44. The van der Waals surface area contributed by atoms with Gasteiger partial charge in [0.2, 0.25) is 5.95 Å². The maximum absolute atomic E-state index is 12.5. The summed E-state index contributed by atoms with van der Waals surface area (Å²) in [6, 6.07) is 6.30. The van der Waals surface area contributed by atoms with E-state index in [1.54, 1.807) is 0 Å². The Morgan fingerprint density at radius 2 is 1.88 bits per heavy atom. The first-order valence-electron chi connectivity index (χ1n) is 12.3. The third-order valence-corrected chi connectivity index (χ3v) is 7.02. The van der Waals surface area contributed by atoms with Gasteiger partial charge in [-0.25, -0.2) is 9.78 Å². The molecule has 34 heavy (non-hydrogen) atoms. The number of likely N-dealkylation sites (tertiary alicyclic amines) is 1. The zero-order chi connectivity index (χ0) is 24.0. The quantitative estimate of drug-likeness (QED) is 0.666. The van der Waals surface area contributed by atoms with Crippen LogP contribution < -0.4 is 15.4 Å². The Morgan fingerprint density at radius 1 is 1.15 bits per heavy atom. The summed E-state index contributed by atoms with van der Waals surface area (Å²) in [6.07, 6.45) is 2.86. The minimum absolute atomic E-state index is 0.187. The topological polar surface area (TPSA) is 88.6 Å². The molecule has 8 nitrogen and oxygen atoms in total. The molecule has 1 aromatic carbocycles. The Hall–Kier alpha value is -3.03. The Labute approximate surface area is 201 Å². The molecule has 1 aromatic heterocycles. The van der Waals surface area contributed by atoms with Crippen molar-refractivity contribution < 1.29 is 14.3 Å². The normalized spacial score (nSPS) is 23.3. The molecule has 2 N–H and O–H groups in total. The van der Waals surface area contributed by atoms with Gasteiger partial charge in [0.15, 0.2) is 0 Å². The first kappa shape index (κ1) is 22.7. The fourth-order valence-corrected chi connectivity index (χ4v) is 5.62. The molecule has 1 amide bonds. The number of hydrogen-bond acceptors (Lipinski definition) is 7. The number of nitrogens with zero attached hydrogens (tertiary/aromatic N) is 3. The zero-order valence-electron chi connectivity index (χ0n) is 20.8. The maximum Gasteiger partial charge on any atom is 0.410 e. The summed E-state index contributed by atoms with van der Waals surface area (Å²) in [5, 5.41) is 6.51. The fourth-order valence-electron chi connectivity index (χ4n) is 5.62. The van der Waals surface area contributed by atoms with Gasteiger partial charge in [0.25, 0.3) is 0 Å². The van der Waals surface area contributed by atoms with Crippen molar-refractivity contribution >= 4 is 23.5 Å². The molecule has 0 bridgehead atoms. The number of aromatic nitrogens is 2. The van der Waals surface area contributed by atoms with Gasteiger partial charge < -0.3 is 25.0 Å². The van der Waals surface area contributed by atoms with Crippen molar-refractivity contribution in [3.63, 3.8) is 0 Å². The van der Waals surface area contributed by atoms with Crippen LogP contribution in [0.25, 0.3) is 0 Å². The highest BCUT2D eigenvalue weighted by atomic mass is 16.6. The van der Waals surface area contributed by atoms with E-state index in [1.807, 2.05) is 45.7 Å². The molecule has 3 heterocycles. The van der Waals surface area contributed by atoms with Crippen LogP contribution in [0.1, 0.15) is 56.4 Å². The molecule has 8 heteroatoms. The minimum atomic E-state index is -0.461. The summed E-state index contributed by atoms with van der Waals surface area (Å²) < 4.78 is 11.7. The molecule has 182 valence electrons. The fraction of sp³-hybridized carbons (Fsp3) is 0.577. The van der Waals surface area contributed by atoms with E-state index in [-0.39, 0.29) is 6.09 Å². The average Bonchev–Trinajstić information content (AvgIpc) is 3.46. The first-order chi connectivity index (χ1) is 16.2. The number of anilines is 3. The van der Waals surface area contributed by atoms with E-state index in [1.165, 1.54) is 11.1 Å². The van der Waals surface area contributed by atoms with Gasteiger partial charge in [-0.1, -0.05) is 0 Å². The smallest absolute Gasteiger partial charge is 0.410 e. The Morgan fingerprint density at radius 3 is 2.56 bits per heavy atom. The number of amides is 1. The van der Waals surface area contributed by atoms with Crippen molar-refractivity contribution in [1.82, 2.24) is 14.9 Å². The summed E-state index contributed by atoms with van der Waals surface area (Å²) in [7, 11) is 1.86. The number of aryl methyl sites for hydroxylation is 1. The van der Waals surface area contributed by atoms with Gasteiger partial charge in [0.05, 0.1) is 6.61 Å². The summed E-state index contributed by atoms with van der Waals surface area (Å²) in [6.45, 7) is 10.0. The predicted molar refractivity (Wildman–Crippen MR) is 132 cm³/mol. The average molecular weight is 466 g/mol. The Kier molecular flexibility index (Phi) is 5.78. The number of carbonyl (C=O) groups is 1. The van der Waals surface area contributed by atoms with Crippen molar-refractivity contribution in [2.75, 3.05) is 37.4 Å². The SMILES string of the molecule is CNc1cc(C)nc(Nc2cc3c(c([C@H]4CC5CN(C(=O)OC(C)(C)C)C[C@H]5C4)c2)OCC3)n1. The number of carbonyl (C=O) groups excluding carboxylic acids is 1. The third kappa shape index (κ3) is 4.63. The molecule has 1 unspecified atom stereocenters. The van der Waals surface area contributed by atoms with Gasteiger partial charge in [0.1, 0.15) is 17.2 Å². The lowest BCUT2D eigenvalue weighted by molar-refractivity contribution is 0.0279. The van der Waals surface area contributed by atoms with Gasteiger partial charge >= 0.3 is 6.09 Å². The van der Waals surface area contributed by atoms with E-state index < -0.39 is 5.60 Å². The summed E-state index contributed by atoms with van der Waals surface area (Å²) >= 11 is 0. The maximum atomic E-state index is 12.5. The van der Waals surface area contributed by atoms with Gasteiger partial charge in [-0.2, -0.15) is 4.98 Å². The molecule has 1 saturated heterocycles. The second-order valence-corrected chi connectivity index (χ2v) is 10.8. The summed E-state index contributed by atoms with van der Waals surface area (Å²) in [4.78, 5) is 23.5. The van der Waals surface area contributed by atoms with Crippen molar-refractivity contribution in [2.24, 2.45) is 11.8 Å². The third-order valence-electron chi connectivity index (χ3n) is 7.02. The summed E-state index contributed by atoms with van der Waals surface area (Å²) in [5.41, 5.74) is 3.97. The standard InChI is InChI=1S/C26H35N5O3/c1-15-8-22(27-5)30-24(28-15)29-20-11-16-6-7-33-23(16)21(12-20)17-9-18-13-31(14-19(18)10-17)25(32)34-26(2,3)4/h8,11-12,17-19H,6-7,9-10,13-14H2,1-5H3,(H2,27,28,29,30)/t17-,18-,19?/m1/s1. The number of rotatable bonds is 4. The van der Waals surface area contributed by atoms with E-state index >= 15 is 0 Å². The van der Waals surface area contributed by atoms with Crippen molar-refractivity contribution in [3.05, 3.63) is 35.0 Å². The van der Waals surface area contributed by atoms with Crippen LogP contribution in [0.2, 0.25) is 0 Å². The molecule has 0 radical (unpaired) electrons. The molecule has 1 aliphatic carbocycles. The molecular formula is C26H35N5O3. The zero-order valence-corrected chi connectivity index (χ0v) is 20.8. The monoisotopic (exact) mass is 465 g/mol. The number of fused-ring (bicyclic) bond motifs is 2. The van der Waals surface area contributed by atoms with Crippen molar-refractivity contribution in [3.8, 4) is 5.75 Å². The van der Waals surface area contributed by atoms with Crippen molar-refractivity contribution in [2.45, 2.75) is 58.5 Å². The number of hydrogen-bond donors (Lipinski definition) is 2. The molecule has 2 aliphatic heterocycles. The van der Waals surface area contributed by atoms with E-state index in [2.05, 4.69) is 32.7 Å². The minimum Gasteiger partial charge on any atom is -0.493 e. The number of ether oxygens (including phenoxy) is 2. The van der Waals surface area contributed by atoms with Gasteiger partial charge in [-0.15, -0.1) is 0 Å². The lowest BCUT2D eigenvalue weighted by Crippen LogP contribution is -2.36. The van der Waals surface area contributed by atoms with E-state index in [0.717, 1.165) is 61.9 Å². The second kappa shape index (κ2) is 8.64. The van der Waals surface area contributed by atoms with Crippen LogP contribution in [0.15, 0.2) is 18.2 Å². The molecule has 3 atom stereocenters. The molecule has 2 fully saturated rings. The molecule has 3 aliphatic rings. The van der Waals surface area contributed by atoms with E-state index in [0.29, 0.717) is 23.7 Å². The van der Waals surface area contributed by atoms with Crippen molar-refractivity contribution in [1.29, 1.82) is 0 Å². The Bertz CT molecular complexity index is 1080. The predicted octanol–water partition coefficient (Wildman–Crippen LogP) is 4.87. The Balaban J connectivity index is 1.33. The van der Waals surface area contributed by atoms with Crippen LogP contribution in [-0.2, 0) is 11.2 Å². The lowest BCUT2D eigenvalue weighted by atomic mass is 9.92. The van der Waals surface area contributed by atoms with Gasteiger partial charge in [-0.05, 0) is 81.5 Å². The number of benzene rings is 1. The van der Waals surface area contributed by atoms with Crippen LogP contribution in [0.5, 0.6) is 5.75 Å². The molecule has 5 rings (SSSR count). The molecule has 0 spiro atoms. The van der Waals surface area contributed by atoms with Gasteiger partial charge in [0, 0.05) is 44.0 Å². The molecule has 1 saturated carbocycles. The highest BCUT2D eigenvalue weighted by molar-refractivity contribution is 5.68.